The molecule has 1 aromatic carbocycles. The van der Waals surface area contributed by atoms with Crippen molar-refractivity contribution < 1.29 is 39.3 Å². The maximum absolute atomic E-state index is 12.9. The molecule has 3 amide bonds. The van der Waals surface area contributed by atoms with Gasteiger partial charge in [0, 0.05) is 6.42 Å². The first-order chi connectivity index (χ1) is 15.9. The van der Waals surface area contributed by atoms with Gasteiger partial charge in [0.15, 0.2) is 0 Å². The summed E-state index contributed by atoms with van der Waals surface area (Å²) in [5.74, 6) is -5.34. The molecule has 0 aliphatic carbocycles. The van der Waals surface area contributed by atoms with Crippen molar-refractivity contribution in [2.75, 3.05) is 6.61 Å². The lowest BCUT2D eigenvalue weighted by Crippen LogP contribution is -2.58. The second-order valence-electron chi connectivity index (χ2n) is 8.23. The molecule has 0 bridgehead atoms. The molecule has 1 aromatic rings. The molecule has 34 heavy (non-hydrogen) atoms. The van der Waals surface area contributed by atoms with Crippen LogP contribution in [0.5, 0.6) is 0 Å². The second-order valence-corrected chi connectivity index (χ2v) is 8.23. The van der Waals surface area contributed by atoms with E-state index in [0.29, 0.717) is 12.0 Å². The van der Waals surface area contributed by atoms with E-state index in [1.54, 1.807) is 30.3 Å². The molecule has 0 aliphatic heterocycles. The fraction of sp³-hybridized carbons (Fsp3) is 0.500. The van der Waals surface area contributed by atoms with E-state index in [1.165, 1.54) is 0 Å². The van der Waals surface area contributed by atoms with Gasteiger partial charge in [-0.1, -0.05) is 44.2 Å². The van der Waals surface area contributed by atoms with Gasteiger partial charge in [0.2, 0.25) is 17.7 Å². The van der Waals surface area contributed by atoms with E-state index < -0.39 is 66.9 Å². The van der Waals surface area contributed by atoms with E-state index in [4.69, 9.17) is 10.8 Å². The lowest BCUT2D eigenvalue weighted by atomic mass is 10.0. The molecule has 12 heteroatoms. The Morgan fingerprint density at radius 1 is 0.853 bits per heavy atom. The van der Waals surface area contributed by atoms with Crippen LogP contribution in [-0.2, 0) is 30.4 Å². The van der Waals surface area contributed by atoms with E-state index in [0.717, 1.165) is 0 Å². The summed E-state index contributed by atoms with van der Waals surface area (Å²) in [5, 5.41) is 34.3. The highest BCUT2D eigenvalue weighted by Crippen LogP contribution is 2.07. The van der Waals surface area contributed by atoms with Gasteiger partial charge in [-0.25, -0.2) is 4.79 Å². The predicted molar refractivity (Wildman–Crippen MR) is 120 cm³/mol. The summed E-state index contributed by atoms with van der Waals surface area (Å²) >= 11 is 0. The van der Waals surface area contributed by atoms with Crippen molar-refractivity contribution in [1.29, 1.82) is 0 Å². The molecule has 0 saturated heterocycles. The summed E-state index contributed by atoms with van der Waals surface area (Å²) in [4.78, 5) is 60.4. The minimum Gasteiger partial charge on any atom is -0.481 e. The van der Waals surface area contributed by atoms with E-state index >= 15 is 0 Å². The van der Waals surface area contributed by atoms with E-state index in [1.807, 2.05) is 13.8 Å². The molecule has 0 aliphatic rings. The number of aliphatic hydroxyl groups is 1. The smallest absolute Gasteiger partial charge is 0.328 e. The molecule has 0 aromatic heterocycles. The van der Waals surface area contributed by atoms with Crippen molar-refractivity contribution in [3.8, 4) is 0 Å². The van der Waals surface area contributed by atoms with Crippen molar-refractivity contribution in [2.45, 2.75) is 57.3 Å². The van der Waals surface area contributed by atoms with Gasteiger partial charge in [-0.3, -0.25) is 19.2 Å². The molecular weight excluding hydrogens is 448 g/mol. The van der Waals surface area contributed by atoms with Crippen LogP contribution in [-0.4, -0.2) is 75.8 Å². The van der Waals surface area contributed by atoms with Crippen LogP contribution in [0.1, 0.15) is 32.3 Å². The third-order valence-electron chi connectivity index (χ3n) is 4.79. The van der Waals surface area contributed by atoms with Gasteiger partial charge >= 0.3 is 11.9 Å². The Morgan fingerprint density at radius 3 is 1.88 bits per heavy atom. The maximum atomic E-state index is 12.9. The fourth-order valence-corrected chi connectivity index (χ4v) is 3.07. The minimum atomic E-state index is -1.61. The summed E-state index contributed by atoms with van der Waals surface area (Å²) in [5.41, 5.74) is 6.43. The van der Waals surface area contributed by atoms with Crippen molar-refractivity contribution in [2.24, 2.45) is 11.7 Å². The number of amides is 3. The van der Waals surface area contributed by atoms with Crippen LogP contribution in [0.15, 0.2) is 30.3 Å². The molecule has 0 fully saturated rings. The summed E-state index contributed by atoms with van der Waals surface area (Å²) in [6, 6.07) is 3.07. The number of benzene rings is 1. The predicted octanol–water partition coefficient (Wildman–Crippen LogP) is -1.39. The number of aliphatic hydroxyl groups excluding tert-OH is 1. The van der Waals surface area contributed by atoms with Crippen molar-refractivity contribution in [3.63, 3.8) is 0 Å². The lowest BCUT2D eigenvalue weighted by molar-refractivity contribution is -0.144. The lowest BCUT2D eigenvalue weighted by Gasteiger charge is -2.24. The molecule has 1 rings (SSSR count). The van der Waals surface area contributed by atoms with Crippen LogP contribution in [0.2, 0.25) is 0 Å². The Balaban J connectivity index is 3.08. The monoisotopic (exact) mass is 480 g/mol. The van der Waals surface area contributed by atoms with Crippen LogP contribution in [0, 0.1) is 5.92 Å². The molecule has 12 nitrogen and oxygen atoms in total. The quantitative estimate of drug-likeness (QED) is 0.167. The zero-order valence-electron chi connectivity index (χ0n) is 19.1. The Morgan fingerprint density at radius 2 is 1.38 bits per heavy atom. The Hall–Kier alpha value is -3.51. The van der Waals surface area contributed by atoms with Gasteiger partial charge < -0.3 is 37.0 Å². The number of hydrogen-bond acceptors (Lipinski definition) is 7. The number of carbonyl (C=O) groups excluding carboxylic acids is 3. The Bertz CT molecular complexity index is 862. The molecule has 0 spiro atoms. The minimum absolute atomic E-state index is 0.0587. The second kappa shape index (κ2) is 13.9. The summed E-state index contributed by atoms with van der Waals surface area (Å²) in [7, 11) is 0. The van der Waals surface area contributed by atoms with Gasteiger partial charge in [0.1, 0.15) is 18.1 Å². The maximum Gasteiger partial charge on any atom is 0.328 e. The zero-order chi connectivity index (χ0) is 25.8. The highest BCUT2D eigenvalue weighted by Gasteiger charge is 2.31. The highest BCUT2D eigenvalue weighted by molar-refractivity contribution is 5.95. The number of nitrogens with two attached hydrogens (primary N) is 1. The van der Waals surface area contributed by atoms with Gasteiger partial charge in [0.25, 0.3) is 0 Å². The first-order valence-electron chi connectivity index (χ1n) is 10.7. The van der Waals surface area contributed by atoms with Crippen molar-refractivity contribution >= 4 is 29.7 Å². The summed E-state index contributed by atoms with van der Waals surface area (Å²) < 4.78 is 0. The molecule has 0 radical (unpaired) electrons. The number of carboxylic acids is 2. The van der Waals surface area contributed by atoms with Crippen LogP contribution in [0.3, 0.4) is 0 Å². The molecule has 8 N–H and O–H groups in total. The van der Waals surface area contributed by atoms with Gasteiger partial charge in [-0.2, -0.15) is 0 Å². The average molecular weight is 481 g/mol. The molecular formula is C22H32N4O8. The van der Waals surface area contributed by atoms with Gasteiger partial charge in [-0.05, 0) is 17.9 Å². The van der Waals surface area contributed by atoms with E-state index in [-0.39, 0.29) is 12.3 Å². The summed E-state index contributed by atoms with van der Waals surface area (Å²) in [6.45, 7) is 2.81. The number of hydrogen-bond donors (Lipinski definition) is 7. The van der Waals surface area contributed by atoms with Crippen LogP contribution >= 0.6 is 0 Å². The van der Waals surface area contributed by atoms with Crippen LogP contribution in [0.4, 0.5) is 0 Å². The first kappa shape index (κ1) is 28.5. The third-order valence-corrected chi connectivity index (χ3v) is 4.79. The fourth-order valence-electron chi connectivity index (χ4n) is 3.07. The molecule has 188 valence electrons. The third kappa shape index (κ3) is 9.96. The molecule has 0 saturated carbocycles. The normalized spacial score (nSPS) is 14.4. The van der Waals surface area contributed by atoms with Crippen LogP contribution < -0.4 is 21.7 Å². The largest absolute Gasteiger partial charge is 0.481 e. The number of nitrogens with one attached hydrogen (secondary N) is 3. The van der Waals surface area contributed by atoms with Crippen molar-refractivity contribution in [1.82, 2.24) is 16.0 Å². The number of aliphatic carboxylic acids is 2. The summed E-state index contributed by atoms with van der Waals surface area (Å²) in [6.07, 6.45) is -0.513. The zero-order valence-corrected chi connectivity index (χ0v) is 19.1. The van der Waals surface area contributed by atoms with E-state index in [9.17, 15) is 34.2 Å². The molecule has 4 unspecified atom stereocenters. The number of carbonyl (C=O) groups is 5. The van der Waals surface area contributed by atoms with Crippen molar-refractivity contribution in [3.05, 3.63) is 35.9 Å². The van der Waals surface area contributed by atoms with Gasteiger partial charge in [-0.15, -0.1) is 0 Å². The molecule has 4 atom stereocenters. The number of carboxylic acid groups (broad SMARTS) is 2. The highest BCUT2D eigenvalue weighted by atomic mass is 16.4. The topological polar surface area (TPSA) is 208 Å². The Labute approximate surface area is 196 Å². The Kier molecular flexibility index (Phi) is 11.7. The number of rotatable bonds is 14. The SMILES string of the molecule is CC(C)CC(N)C(=O)NC(CC(=O)O)C(=O)NC(Cc1ccccc1)C(=O)NC(CO)C(=O)O. The first-order valence-corrected chi connectivity index (χ1v) is 10.7. The average Bonchev–Trinajstić information content (AvgIpc) is 2.75. The van der Waals surface area contributed by atoms with Crippen LogP contribution in [0.25, 0.3) is 0 Å². The standard InChI is InChI=1S/C22H32N4O8/c1-12(2)8-14(23)19(30)24-16(10-18(28)29)21(32)25-15(9-13-6-4-3-5-7-13)20(31)26-17(11-27)22(33)34/h3-7,12,14-17,27H,8-11,23H2,1-2H3,(H,24,30)(H,25,32)(H,26,31)(H,28,29)(H,33,34). The molecule has 0 heterocycles. The van der Waals surface area contributed by atoms with E-state index in [2.05, 4.69) is 16.0 Å². The van der Waals surface area contributed by atoms with Gasteiger partial charge in [0.05, 0.1) is 19.1 Å².